The maximum Gasteiger partial charge on any atom is 0.0782 e. The summed E-state index contributed by atoms with van der Waals surface area (Å²) in [5.74, 6) is 0.406. The fourth-order valence-electron chi connectivity index (χ4n) is 2.62. The van der Waals surface area contributed by atoms with Crippen LogP contribution in [0.4, 0.5) is 0 Å². The molecule has 0 radical (unpaired) electrons. The Kier molecular flexibility index (Phi) is 9.39. The molecular weight excluding hydrogens is 282 g/mol. The second-order valence-corrected chi connectivity index (χ2v) is 6.02. The zero-order valence-electron chi connectivity index (χ0n) is 15.3. The van der Waals surface area contributed by atoms with Crippen LogP contribution in [0.5, 0.6) is 0 Å². The molecule has 0 amide bonds. The first-order chi connectivity index (χ1) is 11.1. The van der Waals surface area contributed by atoms with Crippen LogP contribution in [0.25, 0.3) is 0 Å². The lowest BCUT2D eigenvalue weighted by Gasteiger charge is -2.17. The van der Waals surface area contributed by atoms with Crippen LogP contribution in [-0.4, -0.2) is 19.3 Å². The molecule has 2 unspecified atom stereocenters. The smallest absolute Gasteiger partial charge is 0.0782 e. The lowest BCUT2D eigenvalue weighted by atomic mass is 10.0. The van der Waals surface area contributed by atoms with Crippen LogP contribution in [0.2, 0.25) is 0 Å². The van der Waals surface area contributed by atoms with Crippen LogP contribution in [0.15, 0.2) is 59.9 Å². The summed E-state index contributed by atoms with van der Waals surface area (Å²) < 4.78 is 6.00. The highest BCUT2D eigenvalue weighted by atomic mass is 16.5. The molecule has 1 aliphatic rings. The summed E-state index contributed by atoms with van der Waals surface area (Å²) in [5.41, 5.74) is 3.78. The molecule has 0 saturated carbocycles. The van der Waals surface area contributed by atoms with E-state index in [2.05, 4.69) is 63.0 Å². The first-order valence-electron chi connectivity index (χ1n) is 8.83. The van der Waals surface area contributed by atoms with Crippen LogP contribution in [0.1, 0.15) is 47.0 Å². The molecule has 0 heterocycles. The van der Waals surface area contributed by atoms with Crippen molar-refractivity contribution in [2.45, 2.75) is 53.1 Å². The SMILES string of the molecule is C=C(/C=C\C)C(C)/C=C\CCCOC(C)C1=C(NCC)C=CC1. The molecule has 1 N–H and O–H groups in total. The number of hydrogen-bond donors (Lipinski definition) is 1. The Morgan fingerprint density at radius 2 is 2.22 bits per heavy atom. The monoisotopic (exact) mass is 315 g/mol. The van der Waals surface area contributed by atoms with E-state index in [0.29, 0.717) is 5.92 Å². The number of unbranched alkanes of at least 4 members (excludes halogenated alkanes) is 1. The Bertz CT molecular complexity index is 482. The van der Waals surface area contributed by atoms with Gasteiger partial charge in [-0.2, -0.15) is 0 Å². The molecular formula is C21H33NO. The minimum atomic E-state index is 0.191. The molecule has 0 spiro atoms. The van der Waals surface area contributed by atoms with E-state index in [9.17, 15) is 0 Å². The summed E-state index contributed by atoms with van der Waals surface area (Å²) in [5, 5.41) is 3.41. The summed E-state index contributed by atoms with van der Waals surface area (Å²) in [4.78, 5) is 0. The first-order valence-corrected chi connectivity index (χ1v) is 8.83. The molecule has 0 aromatic carbocycles. The molecule has 0 saturated heterocycles. The van der Waals surface area contributed by atoms with Gasteiger partial charge in [0.2, 0.25) is 0 Å². The second kappa shape index (κ2) is 11.1. The molecule has 128 valence electrons. The molecule has 0 aromatic heterocycles. The van der Waals surface area contributed by atoms with Gasteiger partial charge in [-0.25, -0.2) is 0 Å². The van der Waals surface area contributed by atoms with E-state index in [4.69, 9.17) is 4.74 Å². The zero-order valence-corrected chi connectivity index (χ0v) is 15.3. The van der Waals surface area contributed by atoms with Gasteiger partial charge in [-0.05, 0) is 63.2 Å². The lowest BCUT2D eigenvalue weighted by Crippen LogP contribution is -2.18. The van der Waals surface area contributed by atoms with Gasteiger partial charge in [-0.1, -0.05) is 43.9 Å². The quantitative estimate of drug-likeness (QED) is 0.316. The third-order valence-electron chi connectivity index (χ3n) is 4.10. The third kappa shape index (κ3) is 7.04. The summed E-state index contributed by atoms with van der Waals surface area (Å²) in [6.45, 7) is 14.3. The maximum absolute atomic E-state index is 6.00. The molecule has 0 aliphatic heterocycles. The maximum atomic E-state index is 6.00. The Morgan fingerprint density at radius 1 is 1.43 bits per heavy atom. The van der Waals surface area contributed by atoms with Crippen LogP contribution in [0, 0.1) is 5.92 Å². The minimum absolute atomic E-state index is 0.191. The van der Waals surface area contributed by atoms with Gasteiger partial charge in [-0.3, -0.25) is 0 Å². The van der Waals surface area contributed by atoms with Gasteiger partial charge in [0, 0.05) is 18.8 Å². The van der Waals surface area contributed by atoms with Gasteiger partial charge in [0.1, 0.15) is 0 Å². The fourth-order valence-corrected chi connectivity index (χ4v) is 2.62. The van der Waals surface area contributed by atoms with Gasteiger partial charge < -0.3 is 10.1 Å². The van der Waals surface area contributed by atoms with Crippen molar-refractivity contribution in [1.82, 2.24) is 5.32 Å². The highest BCUT2D eigenvalue weighted by Gasteiger charge is 2.15. The molecule has 23 heavy (non-hydrogen) atoms. The number of ether oxygens (including phenoxy) is 1. The van der Waals surface area contributed by atoms with E-state index in [0.717, 1.165) is 38.0 Å². The highest BCUT2D eigenvalue weighted by Crippen LogP contribution is 2.22. The summed E-state index contributed by atoms with van der Waals surface area (Å²) >= 11 is 0. The average molecular weight is 316 g/mol. The molecule has 2 atom stereocenters. The molecule has 0 bridgehead atoms. The standard InChI is InChI=1S/C21H33NO/c1-6-12-17(3)18(4)13-9-8-10-16-23-19(5)20-14-11-15-21(20)22-7-2/h6,9,11-13,15,18-19,22H,3,7-8,10,14,16H2,1-2,4-5H3/b12-6-,13-9-. The summed E-state index contributed by atoms with van der Waals surface area (Å²) in [6, 6.07) is 0. The van der Waals surface area contributed by atoms with Crippen LogP contribution < -0.4 is 5.32 Å². The highest BCUT2D eigenvalue weighted by molar-refractivity contribution is 5.34. The number of nitrogens with one attached hydrogen (secondary N) is 1. The number of rotatable bonds is 11. The van der Waals surface area contributed by atoms with E-state index in [1.807, 2.05) is 13.0 Å². The Labute approximate surface area is 142 Å². The van der Waals surface area contributed by atoms with E-state index >= 15 is 0 Å². The third-order valence-corrected chi connectivity index (χ3v) is 4.10. The first kappa shape index (κ1) is 19.5. The van der Waals surface area contributed by atoms with Gasteiger partial charge in [-0.15, -0.1) is 0 Å². The van der Waals surface area contributed by atoms with Crippen molar-refractivity contribution < 1.29 is 4.74 Å². The van der Waals surface area contributed by atoms with Crippen molar-refractivity contribution in [1.29, 1.82) is 0 Å². The lowest BCUT2D eigenvalue weighted by molar-refractivity contribution is 0.0866. The topological polar surface area (TPSA) is 21.3 Å². The number of hydrogen-bond acceptors (Lipinski definition) is 2. The number of likely N-dealkylation sites (N-methyl/N-ethyl adjacent to an activating group) is 1. The number of allylic oxidation sites excluding steroid dienone is 7. The predicted octanol–water partition coefficient (Wildman–Crippen LogP) is 5.32. The van der Waals surface area contributed by atoms with E-state index < -0.39 is 0 Å². The van der Waals surface area contributed by atoms with Crippen molar-refractivity contribution in [3.63, 3.8) is 0 Å². The van der Waals surface area contributed by atoms with Crippen LogP contribution in [0.3, 0.4) is 0 Å². The molecule has 2 heteroatoms. The Hall–Kier alpha value is -1.54. The average Bonchev–Trinajstić information content (AvgIpc) is 2.99. The Morgan fingerprint density at radius 3 is 2.91 bits per heavy atom. The molecule has 2 nitrogen and oxygen atoms in total. The molecule has 1 rings (SSSR count). The normalized spacial score (nSPS) is 17.4. The zero-order chi connectivity index (χ0) is 17.1. The molecule has 1 aliphatic carbocycles. The van der Waals surface area contributed by atoms with Gasteiger partial charge in [0.05, 0.1) is 6.10 Å². The van der Waals surface area contributed by atoms with Crippen LogP contribution >= 0.6 is 0 Å². The van der Waals surface area contributed by atoms with Crippen molar-refractivity contribution in [3.05, 3.63) is 59.9 Å². The van der Waals surface area contributed by atoms with E-state index in [1.54, 1.807) is 0 Å². The van der Waals surface area contributed by atoms with E-state index in [1.165, 1.54) is 11.3 Å². The van der Waals surface area contributed by atoms with Gasteiger partial charge >= 0.3 is 0 Å². The van der Waals surface area contributed by atoms with Crippen molar-refractivity contribution >= 4 is 0 Å². The summed E-state index contributed by atoms with van der Waals surface area (Å²) in [7, 11) is 0. The van der Waals surface area contributed by atoms with Gasteiger partial charge in [0.15, 0.2) is 0 Å². The summed E-state index contributed by atoms with van der Waals surface area (Å²) in [6.07, 6.45) is 16.3. The van der Waals surface area contributed by atoms with Crippen molar-refractivity contribution in [2.75, 3.05) is 13.2 Å². The molecule has 0 aromatic rings. The minimum Gasteiger partial charge on any atom is -0.385 e. The van der Waals surface area contributed by atoms with Crippen molar-refractivity contribution in [2.24, 2.45) is 5.92 Å². The largest absolute Gasteiger partial charge is 0.385 e. The second-order valence-electron chi connectivity index (χ2n) is 6.02. The molecule has 0 fully saturated rings. The van der Waals surface area contributed by atoms with Crippen molar-refractivity contribution in [3.8, 4) is 0 Å². The van der Waals surface area contributed by atoms with Gasteiger partial charge in [0.25, 0.3) is 0 Å². The van der Waals surface area contributed by atoms with E-state index in [-0.39, 0.29) is 6.10 Å². The van der Waals surface area contributed by atoms with Crippen LogP contribution in [-0.2, 0) is 4.74 Å². The predicted molar refractivity (Wildman–Crippen MR) is 101 cm³/mol. The fraction of sp³-hybridized carbons (Fsp3) is 0.524. The Balaban J connectivity index is 2.25.